The summed E-state index contributed by atoms with van der Waals surface area (Å²) in [6, 6.07) is 6.08. The van der Waals surface area contributed by atoms with Crippen molar-refractivity contribution in [1.82, 2.24) is 10.3 Å². The van der Waals surface area contributed by atoms with Gasteiger partial charge in [0.2, 0.25) is 5.91 Å². The van der Waals surface area contributed by atoms with E-state index in [1.165, 1.54) is 11.3 Å². The zero-order valence-electron chi connectivity index (χ0n) is 11.9. The molecule has 4 nitrogen and oxygen atoms in total. The van der Waals surface area contributed by atoms with Gasteiger partial charge in [0, 0.05) is 23.3 Å². The van der Waals surface area contributed by atoms with Crippen molar-refractivity contribution in [2.24, 2.45) is 0 Å². The maximum atomic E-state index is 12.1. The maximum Gasteiger partial charge on any atom is 0.230 e. The van der Waals surface area contributed by atoms with Crippen LogP contribution in [0.1, 0.15) is 29.9 Å². The van der Waals surface area contributed by atoms with Crippen LogP contribution in [0, 0.1) is 0 Å². The molecule has 0 saturated carbocycles. The van der Waals surface area contributed by atoms with Gasteiger partial charge >= 0.3 is 0 Å². The molecule has 1 aliphatic heterocycles. The zero-order valence-corrected chi connectivity index (χ0v) is 13.4. The Bertz CT molecular complexity index is 696. The fraction of sp³-hybridized carbons (Fsp3) is 0.333. The van der Waals surface area contributed by atoms with E-state index in [1.807, 2.05) is 26.0 Å². The Morgan fingerprint density at radius 2 is 2.29 bits per heavy atom. The first-order valence-electron chi connectivity index (χ1n) is 6.73. The van der Waals surface area contributed by atoms with Gasteiger partial charge in [-0.15, -0.1) is 11.3 Å². The minimum atomic E-state index is -0.539. The molecule has 0 saturated heterocycles. The Labute approximate surface area is 132 Å². The Morgan fingerprint density at radius 3 is 3.00 bits per heavy atom. The van der Waals surface area contributed by atoms with Crippen molar-refractivity contribution >= 4 is 34.5 Å². The van der Waals surface area contributed by atoms with Crippen LogP contribution in [0.4, 0.5) is 5.69 Å². The lowest BCUT2D eigenvalue weighted by molar-refractivity contribution is -0.126. The number of thiazole rings is 1. The Morgan fingerprint density at radius 1 is 1.48 bits per heavy atom. The molecule has 0 radical (unpaired) electrons. The second-order valence-corrected chi connectivity index (χ2v) is 7.28. The highest BCUT2D eigenvalue weighted by Crippen LogP contribution is 2.36. The quantitative estimate of drug-likeness (QED) is 0.912. The van der Waals surface area contributed by atoms with Crippen molar-refractivity contribution in [2.45, 2.75) is 32.4 Å². The van der Waals surface area contributed by atoms with Crippen LogP contribution in [0.2, 0.25) is 4.47 Å². The molecule has 0 spiro atoms. The Kier molecular flexibility index (Phi) is 3.63. The molecule has 21 heavy (non-hydrogen) atoms. The van der Waals surface area contributed by atoms with Crippen molar-refractivity contribution in [3.63, 3.8) is 0 Å². The number of halogens is 1. The molecule has 1 aromatic heterocycles. The molecule has 0 unspecified atom stereocenters. The predicted octanol–water partition coefficient (Wildman–Crippen LogP) is 3.32. The molecule has 0 aliphatic carbocycles. The normalized spacial score (nSPS) is 16.2. The average Bonchev–Trinajstić information content (AvgIpc) is 2.86. The summed E-state index contributed by atoms with van der Waals surface area (Å²) in [7, 11) is 0. The molecule has 0 atom stereocenters. The number of carbonyl (C=O) groups excluding carboxylic acids is 1. The second kappa shape index (κ2) is 5.31. The molecular weight excluding hydrogens is 306 g/mol. The van der Waals surface area contributed by atoms with E-state index in [9.17, 15) is 4.79 Å². The highest BCUT2D eigenvalue weighted by Gasteiger charge is 2.37. The van der Waals surface area contributed by atoms with Gasteiger partial charge in [-0.25, -0.2) is 4.98 Å². The van der Waals surface area contributed by atoms with Crippen LogP contribution < -0.4 is 10.6 Å². The summed E-state index contributed by atoms with van der Waals surface area (Å²) in [5.74, 6) is 0.0603. The number of hydrogen-bond donors (Lipinski definition) is 2. The Balaban J connectivity index is 1.91. The molecule has 0 bridgehead atoms. The molecule has 3 rings (SSSR count). The second-order valence-electron chi connectivity index (χ2n) is 5.58. The number of nitrogens with zero attached hydrogens (tertiary/aromatic N) is 1. The van der Waals surface area contributed by atoms with Gasteiger partial charge in [-0.2, -0.15) is 0 Å². The van der Waals surface area contributed by atoms with Crippen LogP contribution in [-0.2, 0) is 23.3 Å². The van der Waals surface area contributed by atoms with Crippen molar-refractivity contribution in [3.8, 4) is 0 Å². The number of fused-ring (bicyclic) bond motifs is 1. The van der Waals surface area contributed by atoms with Gasteiger partial charge in [-0.3, -0.25) is 4.79 Å². The number of anilines is 1. The standard InChI is InChI=1S/C15H16ClN3OS/c1-15(2)12-9(6-18-13(15)20)4-3-5-11(12)17-7-10-8-19-14(16)21-10/h3-5,8,17H,6-7H2,1-2H3,(H,18,20). The number of hydrogen-bond acceptors (Lipinski definition) is 4. The molecule has 6 heteroatoms. The largest absolute Gasteiger partial charge is 0.380 e. The van der Waals surface area contributed by atoms with Crippen LogP contribution in [0.5, 0.6) is 0 Å². The van der Waals surface area contributed by atoms with E-state index in [4.69, 9.17) is 11.6 Å². The zero-order chi connectivity index (χ0) is 15.0. The average molecular weight is 322 g/mol. The molecule has 1 aromatic carbocycles. The molecular formula is C15H16ClN3OS. The van der Waals surface area contributed by atoms with Gasteiger partial charge in [0.25, 0.3) is 0 Å². The van der Waals surface area contributed by atoms with Gasteiger partial charge in [-0.1, -0.05) is 23.7 Å². The number of nitrogens with one attached hydrogen (secondary N) is 2. The van der Waals surface area contributed by atoms with Crippen molar-refractivity contribution in [2.75, 3.05) is 5.32 Å². The van der Waals surface area contributed by atoms with Crippen LogP contribution in [0.3, 0.4) is 0 Å². The first kappa shape index (κ1) is 14.4. The van der Waals surface area contributed by atoms with E-state index < -0.39 is 5.41 Å². The van der Waals surface area contributed by atoms with Gasteiger partial charge in [0.15, 0.2) is 4.47 Å². The third-order valence-electron chi connectivity index (χ3n) is 3.76. The van der Waals surface area contributed by atoms with Gasteiger partial charge < -0.3 is 10.6 Å². The molecule has 2 aromatic rings. The Hall–Kier alpha value is -1.59. The number of amides is 1. The summed E-state index contributed by atoms with van der Waals surface area (Å²) >= 11 is 7.31. The van der Waals surface area contributed by atoms with Gasteiger partial charge in [0.05, 0.1) is 12.0 Å². The fourth-order valence-electron chi connectivity index (χ4n) is 2.69. The summed E-state index contributed by atoms with van der Waals surface area (Å²) in [4.78, 5) is 17.2. The minimum absolute atomic E-state index is 0.0603. The summed E-state index contributed by atoms with van der Waals surface area (Å²) in [6.45, 7) is 5.14. The van der Waals surface area contributed by atoms with E-state index in [-0.39, 0.29) is 5.91 Å². The summed E-state index contributed by atoms with van der Waals surface area (Å²) in [6.07, 6.45) is 1.77. The minimum Gasteiger partial charge on any atom is -0.380 e. The first-order chi connectivity index (χ1) is 9.98. The first-order valence-corrected chi connectivity index (χ1v) is 7.92. The van der Waals surface area contributed by atoms with Crippen molar-refractivity contribution < 1.29 is 4.79 Å². The molecule has 2 heterocycles. The third kappa shape index (κ3) is 2.63. The fourth-order valence-corrected chi connectivity index (χ4v) is 3.61. The highest BCUT2D eigenvalue weighted by molar-refractivity contribution is 7.15. The van der Waals surface area contributed by atoms with Gasteiger partial charge in [0.1, 0.15) is 0 Å². The van der Waals surface area contributed by atoms with E-state index in [1.54, 1.807) is 6.20 Å². The topological polar surface area (TPSA) is 54.0 Å². The predicted molar refractivity (Wildman–Crippen MR) is 85.8 cm³/mol. The van der Waals surface area contributed by atoms with Crippen LogP contribution in [0.25, 0.3) is 0 Å². The van der Waals surface area contributed by atoms with Gasteiger partial charge in [-0.05, 0) is 31.0 Å². The lowest BCUT2D eigenvalue weighted by Gasteiger charge is -2.33. The molecule has 110 valence electrons. The lowest BCUT2D eigenvalue weighted by Crippen LogP contribution is -2.45. The van der Waals surface area contributed by atoms with Crippen LogP contribution in [-0.4, -0.2) is 10.9 Å². The van der Waals surface area contributed by atoms with E-state index >= 15 is 0 Å². The van der Waals surface area contributed by atoms with Crippen LogP contribution >= 0.6 is 22.9 Å². The van der Waals surface area contributed by atoms with E-state index in [0.29, 0.717) is 17.6 Å². The smallest absolute Gasteiger partial charge is 0.230 e. The maximum absolute atomic E-state index is 12.1. The highest BCUT2D eigenvalue weighted by atomic mass is 35.5. The summed E-state index contributed by atoms with van der Waals surface area (Å²) < 4.78 is 0.543. The SMILES string of the molecule is CC1(C)C(=O)NCc2cccc(NCc3cnc(Cl)s3)c21. The van der Waals surface area contributed by atoms with E-state index in [2.05, 4.69) is 21.7 Å². The molecule has 2 N–H and O–H groups in total. The lowest BCUT2D eigenvalue weighted by atomic mass is 9.77. The van der Waals surface area contributed by atoms with Crippen LogP contribution in [0.15, 0.2) is 24.4 Å². The number of carbonyl (C=O) groups is 1. The molecule has 0 fully saturated rings. The molecule has 1 aliphatic rings. The number of aromatic nitrogens is 1. The monoisotopic (exact) mass is 321 g/mol. The number of benzene rings is 1. The van der Waals surface area contributed by atoms with E-state index in [0.717, 1.165) is 21.7 Å². The third-order valence-corrected chi connectivity index (χ3v) is 4.88. The molecule has 1 amide bonds. The summed E-state index contributed by atoms with van der Waals surface area (Å²) in [5, 5.41) is 6.35. The number of rotatable bonds is 3. The summed E-state index contributed by atoms with van der Waals surface area (Å²) in [5.41, 5.74) is 2.69. The van der Waals surface area contributed by atoms with Crippen molar-refractivity contribution in [3.05, 3.63) is 44.9 Å². The van der Waals surface area contributed by atoms with Crippen molar-refractivity contribution in [1.29, 1.82) is 0 Å².